The van der Waals surface area contributed by atoms with Gasteiger partial charge in [-0.15, -0.1) is 0 Å². The Morgan fingerprint density at radius 2 is 1.68 bits per heavy atom. The van der Waals surface area contributed by atoms with Gasteiger partial charge in [-0.05, 0) is 60.4 Å². The smallest absolute Gasteiger partial charge is 0.262 e. The van der Waals surface area contributed by atoms with Gasteiger partial charge in [0.2, 0.25) is 0 Å². The van der Waals surface area contributed by atoms with Crippen molar-refractivity contribution >= 4 is 17.3 Å². The molecule has 0 aliphatic carbocycles. The van der Waals surface area contributed by atoms with Gasteiger partial charge in [0, 0.05) is 11.4 Å². The fourth-order valence-electron chi connectivity index (χ4n) is 3.60. The number of rotatable bonds is 5. The molecule has 1 heterocycles. The Hall–Kier alpha value is -3.14. The lowest BCUT2D eigenvalue weighted by Crippen LogP contribution is -2.43. The van der Waals surface area contributed by atoms with E-state index in [2.05, 4.69) is 24.4 Å². The summed E-state index contributed by atoms with van der Waals surface area (Å²) in [5.74, 6) is -0.358. The lowest BCUT2D eigenvalue weighted by atomic mass is 10.0. The highest BCUT2D eigenvalue weighted by Gasteiger charge is 2.33. The molecule has 0 saturated heterocycles. The number of halogens is 1. The minimum Gasteiger partial charge on any atom is -0.360 e. The Morgan fingerprint density at radius 1 is 0.964 bits per heavy atom. The van der Waals surface area contributed by atoms with E-state index in [1.165, 1.54) is 17.7 Å². The number of aryl methyl sites for hydroxylation is 1. The maximum atomic E-state index is 13.4. The maximum Gasteiger partial charge on any atom is 0.262 e. The van der Waals surface area contributed by atoms with Gasteiger partial charge < -0.3 is 5.32 Å². The fourth-order valence-corrected chi connectivity index (χ4v) is 3.60. The third-order valence-corrected chi connectivity index (χ3v) is 5.15. The van der Waals surface area contributed by atoms with E-state index >= 15 is 0 Å². The first-order valence-corrected chi connectivity index (χ1v) is 9.71. The number of unbranched alkanes of at least 4 members (excludes halogenated alkanes) is 1. The van der Waals surface area contributed by atoms with Crippen molar-refractivity contribution < 1.29 is 9.18 Å². The van der Waals surface area contributed by atoms with E-state index in [0.29, 0.717) is 5.56 Å². The minimum absolute atomic E-state index is 0.0648. The number of fused-ring (bicyclic) bond motifs is 1. The zero-order chi connectivity index (χ0) is 19.5. The van der Waals surface area contributed by atoms with Crippen molar-refractivity contribution in [1.82, 2.24) is 0 Å². The van der Waals surface area contributed by atoms with Gasteiger partial charge in [-0.1, -0.05) is 49.7 Å². The lowest BCUT2D eigenvalue weighted by Gasteiger charge is -2.38. The summed E-state index contributed by atoms with van der Waals surface area (Å²) >= 11 is 0. The number of hydrogen-bond donors (Lipinski definition) is 1. The molecular formula is C24H23FN2O. The van der Waals surface area contributed by atoms with Gasteiger partial charge in [0.25, 0.3) is 5.91 Å². The molecule has 28 heavy (non-hydrogen) atoms. The Labute approximate surface area is 164 Å². The van der Waals surface area contributed by atoms with Crippen molar-refractivity contribution in [3.8, 4) is 0 Å². The molecule has 3 aromatic rings. The molecule has 0 bridgehead atoms. The minimum atomic E-state index is -0.399. The standard InChI is InChI=1S/C24H23FN2O/c1-2-3-6-17-9-15-20(16-10-17)27-23(18-11-13-19(25)14-12-18)26-22-8-5-4-7-21(22)24(27)28/h4-5,7-16,23,26H,2-3,6H2,1H3. The van der Waals surface area contributed by atoms with Crippen LogP contribution in [0.3, 0.4) is 0 Å². The average molecular weight is 374 g/mol. The molecule has 0 spiro atoms. The monoisotopic (exact) mass is 374 g/mol. The predicted octanol–water partition coefficient (Wildman–Crippen LogP) is 5.94. The van der Waals surface area contributed by atoms with E-state index in [0.717, 1.165) is 36.2 Å². The number of nitrogens with zero attached hydrogens (tertiary/aromatic N) is 1. The Bertz CT molecular complexity index is 967. The number of nitrogens with one attached hydrogen (secondary N) is 1. The molecule has 0 radical (unpaired) electrons. The fraction of sp³-hybridized carbons (Fsp3) is 0.208. The summed E-state index contributed by atoms with van der Waals surface area (Å²) < 4.78 is 13.4. The van der Waals surface area contributed by atoms with Gasteiger partial charge in [0.15, 0.2) is 0 Å². The van der Waals surface area contributed by atoms with Crippen LogP contribution in [-0.2, 0) is 6.42 Å². The first kappa shape index (κ1) is 18.2. The van der Waals surface area contributed by atoms with Crippen molar-refractivity contribution in [2.24, 2.45) is 0 Å². The van der Waals surface area contributed by atoms with Crippen LogP contribution in [0.5, 0.6) is 0 Å². The normalized spacial score (nSPS) is 15.9. The topological polar surface area (TPSA) is 32.3 Å². The average Bonchev–Trinajstić information content (AvgIpc) is 2.73. The summed E-state index contributed by atoms with van der Waals surface area (Å²) in [5, 5.41) is 3.44. The summed E-state index contributed by atoms with van der Waals surface area (Å²) in [7, 11) is 0. The second kappa shape index (κ2) is 7.85. The van der Waals surface area contributed by atoms with Crippen molar-refractivity contribution in [3.63, 3.8) is 0 Å². The van der Waals surface area contributed by atoms with Crippen molar-refractivity contribution in [1.29, 1.82) is 0 Å². The highest BCUT2D eigenvalue weighted by molar-refractivity contribution is 6.12. The molecule has 0 aromatic heterocycles. The molecule has 0 saturated carbocycles. The summed E-state index contributed by atoms with van der Waals surface area (Å²) in [6, 6.07) is 21.9. The molecule has 1 unspecified atom stereocenters. The molecular weight excluding hydrogens is 351 g/mol. The number of carbonyl (C=O) groups excluding carboxylic acids is 1. The lowest BCUT2D eigenvalue weighted by molar-refractivity contribution is 0.0975. The first-order chi connectivity index (χ1) is 13.7. The van der Waals surface area contributed by atoms with Gasteiger partial charge in [-0.2, -0.15) is 0 Å². The third-order valence-electron chi connectivity index (χ3n) is 5.15. The van der Waals surface area contributed by atoms with Crippen LogP contribution in [0.15, 0.2) is 72.8 Å². The van der Waals surface area contributed by atoms with Crippen LogP contribution in [0.25, 0.3) is 0 Å². The van der Waals surface area contributed by atoms with Crippen LogP contribution < -0.4 is 10.2 Å². The molecule has 3 aromatic carbocycles. The Balaban J connectivity index is 1.74. The molecule has 1 N–H and O–H groups in total. The second-order valence-electron chi connectivity index (χ2n) is 7.09. The predicted molar refractivity (Wildman–Crippen MR) is 111 cm³/mol. The zero-order valence-electron chi connectivity index (χ0n) is 15.9. The highest BCUT2D eigenvalue weighted by atomic mass is 19.1. The highest BCUT2D eigenvalue weighted by Crippen LogP contribution is 2.36. The van der Waals surface area contributed by atoms with Crippen molar-refractivity contribution in [2.75, 3.05) is 10.2 Å². The van der Waals surface area contributed by atoms with Crippen LogP contribution in [0.2, 0.25) is 0 Å². The van der Waals surface area contributed by atoms with E-state index in [1.54, 1.807) is 17.0 Å². The number of para-hydroxylation sites is 1. The van der Waals surface area contributed by atoms with E-state index in [1.807, 2.05) is 36.4 Å². The van der Waals surface area contributed by atoms with E-state index in [-0.39, 0.29) is 11.7 Å². The number of anilines is 2. The molecule has 1 aliphatic rings. The number of carbonyl (C=O) groups is 1. The van der Waals surface area contributed by atoms with E-state index in [9.17, 15) is 9.18 Å². The summed E-state index contributed by atoms with van der Waals surface area (Å²) in [6.07, 6.45) is 2.94. The summed E-state index contributed by atoms with van der Waals surface area (Å²) in [5.41, 5.74) is 4.34. The van der Waals surface area contributed by atoms with Crippen LogP contribution in [0.4, 0.5) is 15.8 Å². The summed E-state index contributed by atoms with van der Waals surface area (Å²) in [6.45, 7) is 2.18. The van der Waals surface area contributed by atoms with Gasteiger partial charge in [-0.25, -0.2) is 4.39 Å². The van der Waals surface area contributed by atoms with Gasteiger partial charge in [-0.3, -0.25) is 9.69 Å². The largest absolute Gasteiger partial charge is 0.360 e. The Kier molecular flexibility index (Phi) is 5.11. The molecule has 0 fully saturated rings. The van der Waals surface area contributed by atoms with Crippen molar-refractivity contribution in [3.05, 3.63) is 95.3 Å². The van der Waals surface area contributed by atoms with E-state index < -0.39 is 6.17 Å². The van der Waals surface area contributed by atoms with Crippen LogP contribution in [0, 0.1) is 5.82 Å². The molecule has 4 rings (SSSR count). The van der Waals surface area contributed by atoms with Crippen molar-refractivity contribution in [2.45, 2.75) is 32.4 Å². The molecule has 142 valence electrons. The van der Waals surface area contributed by atoms with Crippen LogP contribution in [-0.4, -0.2) is 5.91 Å². The number of hydrogen-bond acceptors (Lipinski definition) is 2. The van der Waals surface area contributed by atoms with Crippen LogP contribution >= 0.6 is 0 Å². The molecule has 4 heteroatoms. The Morgan fingerprint density at radius 3 is 2.39 bits per heavy atom. The van der Waals surface area contributed by atoms with Gasteiger partial charge in [0.05, 0.1) is 5.56 Å². The molecule has 1 atom stereocenters. The van der Waals surface area contributed by atoms with Gasteiger partial charge in [0.1, 0.15) is 12.0 Å². The van der Waals surface area contributed by atoms with Crippen LogP contribution in [0.1, 0.15) is 47.4 Å². The van der Waals surface area contributed by atoms with Gasteiger partial charge >= 0.3 is 0 Å². The SMILES string of the molecule is CCCCc1ccc(N2C(=O)c3ccccc3NC2c2ccc(F)cc2)cc1. The maximum absolute atomic E-state index is 13.4. The molecule has 3 nitrogen and oxygen atoms in total. The molecule has 1 amide bonds. The first-order valence-electron chi connectivity index (χ1n) is 9.71. The number of amides is 1. The number of benzene rings is 3. The zero-order valence-corrected chi connectivity index (χ0v) is 15.9. The van der Waals surface area contributed by atoms with E-state index in [4.69, 9.17) is 0 Å². The third kappa shape index (κ3) is 3.50. The summed E-state index contributed by atoms with van der Waals surface area (Å²) in [4.78, 5) is 15.1. The quantitative estimate of drug-likeness (QED) is 0.599. The second-order valence-corrected chi connectivity index (χ2v) is 7.09. The molecule has 1 aliphatic heterocycles.